The number of ether oxygens (including phenoxy) is 2. The van der Waals surface area contributed by atoms with Gasteiger partial charge in [-0.25, -0.2) is 4.79 Å². The lowest BCUT2D eigenvalue weighted by Crippen LogP contribution is -2.31. The monoisotopic (exact) mass is 294 g/mol. The van der Waals surface area contributed by atoms with Crippen LogP contribution in [0.25, 0.3) is 0 Å². The SMILES string of the molecule is CCCC(=O)OC(C)OC(=O)NCCCO[P+](C)=O. The molecule has 1 N–H and O–H groups in total. The van der Waals surface area contributed by atoms with Gasteiger partial charge in [0.25, 0.3) is 0 Å². The molecule has 0 bridgehead atoms. The summed E-state index contributed by atoms with van der Waals surface area (Å²) in [6.45, 7) is 5.41. The van der Waals surface area contributed by atoms with Crippen LogP contribution in [-0.2, 0) is 23.4 Å². The van der Waals surface area contributed by atoms with E-state index in [1.165, 1.54) is 13.6 Å². The third kappa shape index (κ3) is 11.6. The van der Waals surface area contributed by atoms with Crippen LogP contribution in [0.4, 0.5) is 4.79 Å². The largest absolute Gasteiger partial charge is 0.504 e. The molecule has 0 saturated heterocycles. The van der Waals surface area contributed by atoms with Crippen molar-refractivity contribution < 1.29 is 28.2 Å². The molecule has 8 heteroatoms. The summed E-state index contributed by atoms with van der Waals surface area (Å²) in [7, 11) is -1.61. The number of hydrogen-bond acceptors (Lipinski definition) is 6. The van der Waals surface area contributed by atoms with Crippen molar-refractivity contribution in [2.24, 2.45) is 0 Å². The second-order valence-corrected chi connectivity index (χ2v) is 4.90. The zero-order valence-corrected chi connectivity index (χ0v) is 12.4. The molecule has 0 aromatic rings. The topological polar surface area (TPSA) is 90.9 Å². The van der Waals surface area contributed by atoms with Crippen LogP contribution in [0, 0.1) is 0 Å². The van der Waals surface area contributed by atoms with Crippen molar-refractivity contribution in [1.82, 2.24) is 5.32 Å². The molecule has 0 radical (unpaired) electrons. The van der Waals surface area contributed by atoms with Crippen molar-refractivity contribution in [2.75, 3.05) is 19.8 Å². The molecule has 2 atom stereocenters. The molecule has 0 spiro atoms. The lowest BCUT2D eigenvalue weighted by molar-refractivity contribution is -0.164. The standard InChI is InChI=1S/C11H20NO6P/c1-4-6-10(13)17-9(2)18-11(14)12-7-5-8-16-19(3)15/h9H,4-8H2,1-3H3/p+1. The van der Waals surface area contributed by atoms with Crippen LogP contribution in [0.5, 0.6) is 0 Å². The van der Waals surface area contributed by atoms with Gasteiger partial charge in [0.05, 0.1) is 0 Å². The Hall–Kier alpha value is -1.20. The highest BCUT2D eigenvalue weighted by Gasteiger charge is 2.13. The van der Waals surface area contributed by atoms with Crippen molar-refractivity contribution >= 4 is 20.1 Å². The van der Waals surface area contributed by atoms with Crippen molar-refractivity contribution in [1.29, 1.82) is 0 Å². The highest BCUT2D eigenvalue weighted by molar-refractivity contribution is 7.38. The van der Waals surface area contributed by atoms with E-state index in [0.29, 0.717) is 32.4 Å². The van der Waals surface area contributed by atoms with Gasteiger partial charge in [0, 0.05) is 19.9 Å². The van der Waals surface area contributed by atoms with Gasteiger partial charge in [0.2, 0.25) is 6.29 Å². The molecule has 0 aliphatic carbocycles. The van der Waals surface area contributed by atoms with Crippen LogP contribution < -0.4 is 5.32 Å². The molecule has 0 aliphatic heterocycles. The van der Waals surface area contributed by atoms with Crippen LogP contribution in [0.15, 0.2) is 0 Å². The summed E-state index contributed by atoms with van der Waals surface area (Å²) in [4.78, 5) is 22.4. The number of esters is 1. The summed E-state index contributed by atoms with van der Waals surface area (Å²) in [6.07, 6.45) is -0.0917. The van der Waals surface area contributed by atoms with E-state index in [9.17, 15) is 14.2 Å². The minimum absolute atomic E-state index is 0.294. The van der Waals surface area contributed by atoms with Crippen molar-refractivity contribution in [3.63, 3.8) is 0 Å². The van der Waals surface area contributed by atoms with Gasteiger partial charge in [-0.15, -0.1) is 4.52 Å². The van der Waals surface area contributed by atoms with E-state index in [1.54, 1.807) is 0 Å². The van der Waals surface area contributed by atoms with Crippen LogP contribution in [0.1, 0.15) is 33.1 Å². The minimum atomic E-state index is -1.61. The van der Waals surface area contributed by atoms with Crippen molar-refractivity contribution in [2.45, 2.75) is 39.4 Å². The minimum Gasteiger partial charge on any atom is -0.425 e. The van der Waals surface area contributed by atoms with Crippen LogP contribution in [0.2, 0.25) is 0 Å². The fraction of sp³-hybridized carbons (Fsp3) is 0.818. The second kappa shape index (κ2) is 10.7. The number of carbonyl (C=O) groups excluding carboxylic acids is 2. The molecule has 2 unspecified atom stereocenters. The zero-order valence-electron chi connectivity index (χ0n) is 11.5. The molecular formula is C11H21NO6P+. The van der Waals surface area contributed by atoms with Crippen molar-refractivity contribution in [3.05, 3.63) is 0 Å². The molecule has 110 valence electrons. The van der Waals surface area contributed by atoms with Gasteiger partial charge in [-0.3, -0.25) is 4.79 Å². The predicted octanol–water partition coefficient (Wildman–Crippen LogP) is 2.18. The van der Waals surface area contributed by atoms with Crippen molar-refractivity contribution in [3.8, 4) is 0 Å². The summed E-state index contributed by atoms with van der Waals surface area (Å²) in [5.41, 5.74) is 0. The first-order valence-electron chi connectivity index (χ1n) is 6.13. The van der Waals surface area contributed by atoms with E-state index in [4.69, 9.17) is 14.0 Å². The number of nitrogens with one attached hydrogen (secondary N) is 1. The Kier molecular flexibility index (Phi) is 10.0. The fourth-order valence-corrected chi connectivity index (χ4v) is 1.51. The third-order valence-electron chi connectivity index (χ3n) is 1.89. The molecule has 19 heavy (non-hydrogen) atoms. The van der Waals surface area contributed by atoms with Crippen LogP contribution >= 0.6 is 8.03 Å². The van der Waals surface area contributed by atoms with Gasteiger partial charge < -0.3 is 14.8 Å². The van der Waals surface area contributed by atoms with E-state index < -0.39 is 26.4 Å². The van der Waals surface area contributed by atoms with Gasteiger partial charge >= 0.3 is 20.1 Å². The summed E-state index contributed by atoms with van der Waals surface area (Å²) >= 11 is 0. The molecule has 0 aliphatic rings. The molecule has 0 aromatic carbocycles. The van der Waals surface area contributed by atoms with Gasteiger partial charge in [0.1, 0.15) is 6.61 Å². The Labute approximate surface area is 113 Å². The fourth-order valence-electron chi connectivity index (χ4n) is 1.12. The second-order valence-electron chi connectivity index (χ2n) is 3.77. The zero-order chi connectivity index (χ0) is 14.7. The predicted molar refractivity (Wildman–Crippen MR) is 69.0 cm³/mol. The summed E-state index contributed by atoms with van der Waals surface area (Å²) in [5.74, 6) is -0.400. The van der Waals surface area contributed by atoms with E-state index in [-0.39, 0.29) is 0 Å². The highest BCUT2D eigenvalue weighted by Crippen LogP contribution is 2.14. The average Bonchev–Trinajstić information content (AvgIpc) is 2.27. The first-order valence-corrected chi connectivity index (χ1v) is 7.76. The number of rotatable bonds is 9. The first kappa shape index (κ1) is 17.8. The molecule has 7 nitrogen and oxygen atoms in total. The maximum absolute atomic E-state index is 11.3. The van der Waals surface area contributed by atoms with E-state index >= 15 is 0 Å². The normalized spacial score (nSPS) is 12.5. The molecule has 1 amide bonds. The Balaban J connectivity index is 3.62. The molecule has 0 saturated carbocycles. The number of carbonyl (C=O) groups is 2. The van der Waals surface area contributed by atoms with E-state index in [1.807, 2.05) is 6.92 Å². The Morgan fingerprint density at radius 1 is 1.32 bits per heavy atom. The quantitative estimate of drug-likeness (QED) is 0.303. The Morgan fingerprint density at radius 2 is 2.00 bits per heavy atom. The van der Waals surface area contributed by atoms with Gasteiger partial charge in [0.15, 0.2) is 6.66 Å². The molecular weight excluding hydrogens is 273 g/mol. The number of hydrogen-bond donors (Lipinski definition) is 1. The maximum atomic E-state index is 11.3. The first-order chi connectivity index (χ1) is 8.95. The summed E-state index contributed by atoms with van der Waals surface area (Å²) < 4.78 is 25.1. The Morgan fingerprint density at radius 3 is 2.58 bits per heavy atom. The Bertz CT molecular complexity index is 310. The number of amides is 1. The average molecular weight is 294 g/mol. The van der Waals surface area contributed by atoms with Gasteiger partial charge in [-0.05, 0) is 17.4 Å². The van der Waals surface area contributed by atoms with E-state index in [0.717, 1.165) is 0 Å². The molecule has 0 heterocycles. The summed E-state index contributed by atoms with van der Waals surface area (Å²) in [5, 5.41) is 2.47. The molecule has 0 aromatic heterocycles. The molecule has 0 rings (SSSR count). The highest BCUT2D eigenvalue weighted by atomic mass is 31.1. The smallest absolute Gasteiger partial charge is 0.425 e. The number of alkyl carbamates (subject to hydrolysis) is 1. The van der Waals surface area contributed by atoms with E-state index in [2.05, 4.69) is 5.32 Å². The lowest BCUT2D eigenvalue weighted by Gasteiger charge is -2.14. The third-order valence-corrected chi connectivity index (χ3v) is 2.43. The van der Waals surface area contributed by atoms with Crippen LogP contribution in [-0.4, -0.2) is 38.2 Å². The molecule has 0 fully saturated rings. The lowest BCUT2D eigenvalue weighted by atomic mass is 10.3. The van der Waals surface area contributed by atoms with Gasteiger partial charge in [-0.2, -0.15) is 0 Å². The van der Waals surface area contributed by atoms with Crippen LogP contribution in [0.3, 0.4) is 0 Å². The van der Waals surface area contributed by atoms with Gasteiger partial charge in [-0.1, -0.05) is 6.92 Å². The maximum Gasteiger partial charge on any atom is 0.504 e. The summed E-state index contributed by atoms with van der Waals surface area (Å²) in [6, 6.07) is 0.